The van der Waals surface area contributed by atoms with Gasteiger partial charge in [-0.05, 0) is 31.0 Å². The van der Waals surface area contributed by atoms with Gasteiger partial charge in [0.1, 0.15) is 6.61 Å². The van der Waals surface area contributed by atoms with Crippen LogP contribution in [0.4, 0.5) is 0 Å². The van der Waals surface area contributed by atoms with Crippen molar-refractivity contribution in [1.82, 2.24) is 20.1 Å². The Labute approximate surface area is 155 Å². The van der Waals surface area contributed by atoms with E-state index >= 15 is 0 Å². The van der Waals surface area contributed by atoms with Crippen molar-refractivity contribution in [2.45, 2.75) is 33.3 Å². The number of pyridine rings is 1. The van der Waals surface area contributed by atoms with Crippen molar-refractivity contribution in [3.63, 3.8) is 0 Å². The van der Waals surface area contributed by atoms with Gasteiger partial charge in [0, 0.05) is 6.20 Å². The maximum atomic E-state index is 12.5. The van der Waals surface area contributed by atoms with Crippen LogP contribution in [0, 0.1) is 6.92 Å². The number of nitrogens with zero attached hydrogens (tertiary/aromatic N) is 4. The van der Waals surface area contributed by atoms with E-state index in [9.17, 15) is 4.79 Å². The lowest BCUT2D eigenvalue weighted by Crippen LogP contribution is -2.08. The third kappa shape index (κ3) is 3.23. The first-order chi connectivity index (χ1) is 13.0. The molecule has 3 heterocycles. The molecule has 7 nitrogen and oxygen atoms in total. The van der Waals surface area contributed by atoms with Crippen LogP contribution in [0.15, 0.2) is 41.1 Å². The molecule has 0 aliphatic rings. The highest BCUT2D eigenvalue weighted by atomic mass is 16.5. The minimum Gasteiger partial charge on any atom is -0.455 e. The molecule has 0 aliphatic heterocycles. The van der Waals surface area contributed by atoms with E-state index in [0.717, 1.165) is 27.8 Å². The highest BCUT2D eigenvalue weighted by Gasteiger charge is 2.17. The molecule has 0 amide bonds. The van der Waals surface area contributed by atoms with E-state index in [1.165, 1.54) is 6.20 Å². The smallest absolute Gasteiger partial charge is 0.340 e. The summed E-state index contributed by atoms with van der Waals surface area (Å²) in [6.45, 7) is 5.90. The van der Waals surface area contributed by atoms with Crippen LogP contribution in [0.1, 0.15) is 47.2 Å². The van der Waals surface area contributed by atoms with Crippen molar-refractivity contribution in [1.29, 1.82) is 0 Å². The van der Waals surface area contributed by atoms with E-state index in [4.69, 9.17) is 9.26 Å². The molecule has 3 aromatic heterocycles. The first-order valence-electron chi connectivity index (χ1n) is 8.67. The highest BCUT2D eigenvalue weighted by Crippen LogP contribution is 2.24. The van der Waals surface area contributed by atoms with Gasteiger partial charge in [0.05, 0.1) is 39.1 Å². The molecule has 0 bridgehead atoms. The van der Waals surface area contributed by atoms with Crippen LogP contribution in [-0.2, 0) is 11.3 Å². The summed E-state index contributed by atoms with van der Waals surface area (Å²) in [7, 11) is 0. The molecule has 0 aliphatic carbocycles. The molecule has 0 N–H and O–H groups in total. The number of fused-ring (bicyclic) bond motifs is 2. The van der Waals surface area contributed by atoms with Gasteiger partial charge in [-0.15, -0.1) is 0 Å². The van der Waals surface area contributed by atoms with Gasteiger partial charge in [0.15, 0.2) is 0 Å². The summed E-state index contributed by atoms with van der Waals surface area (Å²) in [5.41, 5.74) is 4.46. The Kier molecular flexibility index (Phi) is 4.27. The molecule has 0 atom stereocenters. The van der Waals surface area contributed by atoms with Crippen molar-refractivity contribution in [2.24, 2.45) is 0 Å². The number of carbonyl (C=O) groups excluding carboxylic acids is 1. The lowest BCUT2D eigenvalue weighted by Gasteiger charge is -2.08. The largest absolute Gasteiger partial charge is 0.455 e. The molecule has 4 rings (SSSR count). The summed E-state index contributed by atoms with van der Waals surface area (Å²) >= 11 is 0. The number of esters is 1. The monoisotopic (exact) mass is 362 g/mol. The Hall–Kier alpha value is -3.35. The van der Waals surface area contributed by atoms with Crippen LogP contribution in [0.25, 0.3) is 22.1 Å². The zero-order chi connectivity index (χ0) is 19.0. The fraction of sp³-hybridized carbons (Fsp3) is 0.250. The van der Waals surface area contributed by atoms with Crippen LogP contribution in [0.2, 0.25) is 0 Å². The van der Waals surface area contributed by atoms with Crippen molar-refractivity contribution in [3.8, 4) is 0 Å². The number of carbonyl (C=O) groups is 1. The van der Waals surface area contributed by atoms with Crippen LogP contribution in [0.5, 0.6) is 0 Å². The summed E-state index contributed by atoms with van der Waals surface area (Å²) < 4.78 is 10.6. The first-order valence-corrected chi connectivity index (χ1v) is 8.67. The zero-order valence-corrected chi connectivity index (χ0v) is 15.3. The SMILES string of the molecule is Cc1nc2ccccc2nc1COC(=O)c1cnc2onc(C(C)C)c2c1. The maximum Gasteiger partial charge on any atom is 0.340 e. The fourth-order valence-electron chi connectivity index (χ4n) is 2.86. The molecule has 4 aromatic rings. The molecule has 0 saturated heterocycles. The lowest BCUT2D eigenvalue weighted by atomic mass is 10.1. The van der Waals surface area contributed by atoms with Crippen LogP contribution >= 0.6 is 0 Å². The van der Waals surface area contributed by atoms with E-state index in [-0.39, 0.29) is 12.5 Å². The standard InChI is InChI=1S/C20H18N4O3/c1-11(2)18-14-8-13(9-21-19(14)27-24-18)20(25)26-10-17-12(3)22-15-6-4-5-7-16(15)23-17/h4-9,11H,10H2,1-3H3. The van der Waals surface area contributed by atoms with Gasteiger partial charge >= 0.3 is 5.97 Å². The molecular formula is C20H18N4O3. The number of hydrogen-bond acceptors (Lipinski definition) is 7. The van der Waals surface area contributed by atoms with Crippen LogP contribution < -0.4 is 0 Å². The normalized spacial score (nSPS) is 11.4. The summed E-state index contributed by atoms with van der Waals surface area (Å²) in [5, 5.41) is 4.74. The minimum absolute atomic E-state index is 0.0429. The Morgan fingerprint density at radius 1 is 1.19 bits per heavy atom. The van der Waals surface area contributed by atoms with Crippen LogP contribution in [-0.4, -0.2) is 26.1 Å². The molecule has 0 saturated carbocycles. The van der Waals surface area contributed by atoms with E-state index < -0.39 is 5.97 Å². The van der Waals surface area contributed by atoms with Gasteiger partial charge in [-0.25, -0.2) is 19.7 Å². The molecule has 0 unspecified atom stereocenters. The average molecular weight is 362 g/mol. The van der Waals surface area contributed by atoms with Crippen molar-refractivity contribution in [2.75, 3.05) is 0 Å². The quantitative estimate of drug-likeness (QED) is 0.508. The molecule has 0 spiro atoms. The van der Waals surface area contributed by atoms with Crippen molar-refractivity contribution >= 4 is 28.1 Å². The topological polar surface area (TPSA) is 91.0 Å². The summed E-state index contributed by atoms with van der Waals surface area (Å²) in [6.07, 6.45) is 1.43. The summed E-state index contributed by atoms with van der Waals surface area (Å²) in [6, 6.07) is 9.29. The molecule has 27 heavy (non-hydrogen) atoms. The van der Waals surface area contributed by atoms with E-state index in [1.54, 1.807) is 6.07 Å². The number of aryl methyl sites for hydroxylation is 1. The van der Waals surface area contributed by atoms with Crippen molar-refractivity contribution in [3.05, 3.63) is 59.2 Å². The molecule has 0 fully saturated rings. The summed E-state index contributed by atoms with van der Waals surface area (Å²) in [4.78, 5) is 25.7. The predicted octanol–water partition coefficient (Wildman–Crippen LogP) is 3.95. The Bertz CT molecular complexity index is 1150. The highest BCUT2D eigenvalue weighted by molar-refractivity contribution is 5.93. The van der Waals surface area contributed by atoms with Gasteiger partial charge in [-0.3, -0.25) is 0 Å². The second-order valence-corrected chi connectivity index (χ2v) is 6.62. The lowest BCUT2D eigenvalue weighted by molar-refractivity contribution is 0.0466. The zero-order valence-electron chi connectivity index (χ0n) is 15.3. The summed E-state index contributed by atoms with van der Waals surface area (Å²) in [5.74, 6) is -0.315. The average Bonchev–Trinajstić information content (AvgIpc) is 3.09. The van der Waals surface area contributed by atoms with Crippen molar-refractivity contribution < 1.29 is 14.1 Å². The first kappa shape index (κ1) is 17.1. The number of para-hydroxylation sites is 2. The van der Waals surface area contributed by atoms with Gasteiger partial charge < -0.3 is 9.26 Å². The van der Waals surface area contributed by atoms with Gasteiger partial charge in [-0.2, -0.15) is 0 Å². The van der Waals surface area contributed by atoms with E-state index in [1.807, 2.05) is 45.0 Å². The van der Waals surface area contributed by atoms with Gasteiger partial charge in [-0.1, -0.05) is 31.1 Å². The third-order valence-electron chi connectivity index (χ3n) is 4.32. The second-order valence-electron chi connectivity index (χ2n) is 6.62. The van der Waals surface area contributed by atoms with Gasteiger partial charge in [0.2, 0.25) is 0 Å². The number of rotatable bonds is 4. The van der Waals surface area contributed by atoms with Gasteiger partial charge in [0.25, 0.3) is 5.71 Å². The molecule has 0 radical (unpaired) electrons. The Balaban J connectivity index is 1.57. The Morgan fingerprint density at radius 2 is 1.93 bits per heavy atom. The predicted molar refractivity (Wildman–Crippen MR) is 99.3 cm³/mol. The second kappa shape index (κ2) is 6.75. The number of benzene rings is 1. The molecule has 1 aromatic carbocycles. The van der Waals surface area contributed by atoms with Crippen LogP contribution in [0.3, 0.4) is 0 Å². The number of aromatic nitrogens is 4. The van der Waals surface area contributed by atoms with E-state index in [2.05, 4.69) is 20.1 Å². The Morgan fingerprint density at radius 3 is 2.67 bits per heavy atom. The minimum atomic E-state index is -0.477. The van der Waals surface area contributed by atoms with E-state index in [0.29, 0.717) is 17.0 Å². The third-order valence-corrected chi connectivity index (χ3v) is 4.32. The number of ether oxygens (including phenoxy) is 1. The maximum absolute atomic E-state index is 12.5. The molecular weight excluding hydrogens is 344 g/mol. The number of hydrogen-bond donors (Lipinski definition) is 0. The molecule has 7 heteroatoms. The fourth-order valence-corrected chi connectivity index (χ4v) is 2.86. The molecule has 136 valence electrons.